The Labute approximate surface area is 144 Å². The second kappa shape index (κ2) is 5.59. The lowest BCUT2D eigenvalue weighted by atomic mass is 10.00. The first kappa shape index (κ1) is 16.4. The Hall–Kier alpha value is -2.41. The maximum absolute atomic E-state index is 12.7. The number of aryl methyl sites for hydroxylation is 3. The molecule has 1 aliphatic rings. The fourth-order valence-electron chi connectivity index (χ4n) is 2.55. The zero-order chi connectivity index (χ0) is 17.6. The summed E-state index contributed by atoms with van der Waals surface area (Å²) in [5, 5.41) is 3.17. The molecule has 1 N–H and O–H groups in total. The Balaban J connectivity index is 1.93. The van der Waals surface area contributed by atoms with Gasteiger partial charge in [-0.25, -0.2) is 4.98 Å². The molecule has 3 rings (SSSR count). The first-order valence-corrected chi connectivity index (χ1v) is 8.37. The molecule has 1 aliphatic heterocycles. The van der Waals surface area contributed by atoms with Gasteiger partial charge in [0.1, 0.15) is 5.75 Å². The molecule has 0 fully saturated rings. The Morgan fingerprint density at radius 1 is 1.33 bits per heavy atom. The molecular formula is C17H19N3O3S. The van der Waals surface area contributed by atoms with Crippen molar-refractivity contribution < 1.29 is 14.3 Å². The van der Waals surface area contributed by atoms with E-state index in [4.69, 9.17) is 4.74 Å². The molecule has 2 heterocycles. The molecule has 0 saturated heterocycles. The highest BCUT2D eigenvalue weighted by Crippen LogP contribution is 2.38. The minimum Gasteiger partial charge on any atom is -0.465 e. The SMILES string of the molecule is Cc1ccc2c(c1)N(C)C(=O)C(C)(C(=O)Nc1nc(C)c(C)s1)O2. The summed E-state index contributed by atoms with van der Waals surface area (Å²) in [6, 6.07) is 5.52. The van der Waals surface area contributed by atoms with Crippen molar-refractivity contribution in [1.29, 1.82) is 0 Å². The summed E-state index contributed by atoms with van der Waals surface area (Å²) < 4.78 is 5.80. The van der Waals surface area contributed by atoms with E-state index in [-0.39, 0.29) is 0 Å². The Morgan fingerprint density at radius 3 is 2.67 bits per heavy atom. The summed E-state index contributed by atoms with van der Waals surface area (Å²) in [6.45, 7) is 7.22. The predicted octanol–water partition coefficient (Wildman–Crippen LogP) is 2.82. The van der Waals surface area contributed by atoms with E-state index in [1.165, 1.54) is 23.2 Å². The summed E-state index contributed by atoms with van der Waals surface area (Å²) in [7, 11) is 1.65. The molecule has 0 saturated carbocycles. The molecule has 0 bridgehead atoms. The van der Waals surface area contributed by atoms with E-state index in [2.05, 4.69) is 10.3 Å². The second-order valence-corrected chi connectivity index (χ2v) is 7.29. The third-order valence-corrected chi connectivity index (χ3v) is 5.17. The van der Waals surface area contributed by atoms with Gasteiger partial charge in [0.15, 0.2) is 5.13 Å². The van der Waals surface area contributed by atoms with Crippen LogP contribution in [0.25, 0.3) is 0 Å². The van der Waals surface area contributed by atoms with E-state index in [1.54, 1.807) is 13.1 Å². The molecule has 0 spiro atoms. The van der Waals surface area contributed by atoms with Crippen LogP contribution < -0.4 is 15.0 Å². The molecule has 24 heavy (non-hydrogen) atoms. The van der Waals surface area contributed by atoms with Crippen molar-refractivity contribution in [2.24, 2.45) is 0 Å². The highest BCUT2D eigenvalue weighted by Gasteiger charge is 2.50. The third-order valence-electron chi connectivity index (χ3n) is 4.18. The highest BCUT2D eigenvalue weighted by molar-refractivity contribution is 7.15. The van der Waals surface area contributed by atoms with Gasteiger partial charge in [-0.15, -0.1) is 11.3 Å². The molecule has 2 amide bonds. The number of nitrogens with one attached hydrogen (secondary N) is 1. The lowest BCUT2D eigenvalue weighted by Gasteiger charge is -2.37. The monoisotopic (exact) mass is 345 g/mol. The van der Waals surface area contributed by atoms with E-state index in [9.17, 15) is 9.59 Å². The standard InChI is InChI=1S/C17H19N3O3S/c1-9-6-7-13-12(8-9)20(5)15(22)17(4,23-13)14(21)19-16-18-10(2)11(3)24-16/h6-8H,1-5H3,(H,18,19,21). The zero-order valence-corrected chi connectivity index (χ0v) is 15.1. The first-order valence-electron chi connectivity index (χ1n) is 7.55. The van der Waals surface area contributed by atoms with Crippen molar-refractivity contribution in [2.75, 3.05) is 17.3 Å². The number of ether oxygens (including phenoxy) is 1. The molecule has 2 aromatic rings. The maximum Gasteiger partial charge on any atom is 0.280 e. The van der Waals surface area contributed by atoms with Crippen molar-refractivity contribution in [3.8, 4) is 5.75 Å². The van der Waals surface area contributed by atoms with E-state index in [1.807, 2.05) is 32.9 Å². The number of carbonyl (C=O) groups is 2. The number of carbonyl (C=O) groups excluding carboxylic acids is 2. The van der Waals surface area contributed by atoms with Crippen molar-refractivity contribution in [3.05, 3.63) is 34.3 Å². The minimum atomic E-state index is -1.63. The molecule has 1 atom stereocenters. The van der Waals surface area contributed by atoms with Gasteiger partial charge in [0, 0.05) is 11.9 Å². The summed E-state index contributed by atoms with van der Waals surface area (Å²) >= 11 is 1.37. The van der Waals surface area contributed by atoms with Crippen LogP contribution in [-0.4, -0.2) is 29.4 Å². The summed E-state index contributed by atoms with van der Waals surface area (Å²) in [4.78, 5) is 32.2. The van der Waals surface area contributed by atoms with Crippen molar-refractivity contribution in [1.82, 2.24) is 4.98 Å². The van der Waals surface area contributed by atoms with Crippen LogP contribution in [0.15, 0.2) is 18.2 Å². The van der Waals surface area contributed by atoms with Crippen LogP contribution >= 0.6 is 11.3 Å². The van der Waals surface area contributed by atoms with Crippen LogP contribution in [0.5, 0.6) is 5.75 Å². The van der Waals surface area contributed by atoms with Crippen LogP contribution in [0.4, 0.5) is 10.8 Å². The Kier molecular flexibility index (Phi) is 3.83. The molecule has 6 nitrogen and oxygen atoms in total. The third kappa shape index (κ3) is 2.54. The topological polar surface area (TPSA) is 71.5 Å². The number of hydrogen-bond donors (Lipinski definition) is 1. The largest absolute Gasteiger partial charge is 0.465 e. The summed E-state index contributed by atoms with van der Waals surface area (Å²) in [5.41, 5.74) is 0.893. The van der Waals surface area contributed by atoms with E-state index < -0.39 is 17.4 Å². The normalized spacial score (nSPS) is 19.7. The molecular weight excluding hydrogens is 326 g/mol. The number of aromatic nitrogens is 1. The molecule has 1 aromatic carbocycles. The van der Waals surface area contributed by atoms with Gasteiger partial charge in [0.2, 0.25) is 0 Å². The van der Waals surface area contributed by atoms with Gasteiger partial charge < -0.3 is 9.64 Å². The quantitative estimate of drug-likeness (QED) is 0.850. The van der Waals surface area contributed by atoms with Gasteiger partial charge in [0.05, 0.1) is 11.4 Å². The highest BCUT2D eigenvalue weighted by atomic mass is 32.1. The molecule has 7 heteroatoms. The molecule has 1 unspecified atom stereocenters. The number of amides is 2. The lowest BCUT2D eigenvalue weighted by molar-refractivity contribution is -0.144. The Bertz CT molecular complexity index is 826. The van der Waals surface area contributed by atoms with E-state index in [0.29, 0.717) is 16.6 Å². The molecule has 1 aromatic heterocycles. The second-order valence-electron chi connectivity index (χ2n) is 6.09. The van der Waals surface area contributed by atoms with Crippen LogP contribution in [0.1, 0.15) is 23.1 Å². The Morgan fingerprint density at radius 2 is 2.04 bits per heavy atom. The number of thiazole rings is 1. The van der Waals surface area contributed by atoms with Crippen molar-refractivity contribution in [3.63, 3.8) is 0 Å². The van der Waals surface area contributed by atoms with Gasteiger partial charge in [-0.2, -0.15) is 0 Å². The van der Waals surface area contributed by atoms with E-state index >= 15 is 0 Å². The first-order chi connectivity index (χ1) is 11.2. The average Bonchev–Trinajstić information content (AvgIpc) is 2.84. The average molecular weight is 345 g/mol. The number of anilines is 2. The van der Waals surface area contributed by atoms with Crippen LogP contribution in [0, 0.1) is 20.8 Å². The summed E-state index contributed by atoms with van der Waals surface area (Å²) in [5.74, 6) is -0.436. The van der Waals surface area contributed by atoms with Crippen molar-refractivity contribution >= 4 is 34.0 Å². The molecule has 0 aliphatic carbocycles. The zero-order valence-electron chi connectivity index (χ0n) is 14.3. The lowest BCUT2D eigenvalue weighted by Crippen LogP contribution is -2.59. The van der Waals surface area contributed by atoms with Crippen LogP contribution in [-0.2, 0) is 9.59 Å². The van der Waals surface area contributed by atoms with Crippen LogP contribution in [0.3, 0.4) is 0 Å². The fourth-order valence-corrected chi connectivity index (χ4v) is 3.36. The predicted molar refractivity (Wildman–Crippen MR) is 93.8 cm³/mol. The molecule has 0 radical (unpaired) electrons. The number of benzene rings is 1. The van der Waals surface area contributed by atoms with Gasteiger partial charge in [0.25, 0.3) is 17.4 Å². The number of hydrogen-bond acceptors (Lipinski definition) is 5. The maximum atomic E-state index is 12.7. The number of fused-ring (bicyclic) bond motifs is 1. The van der Waals surface area contributed by atoms with Gasteiger partial charge in [-0.3, -0.25) is 14.9 Å². The summed E-state index contributed by atoms with van der Waals surface area (Å²) in [6.07, 6.45) is 0. The minimum absolute atomic E-state index is 0.414. The number of nitrogens with zero attached hydrogens (tertiary/aromatic N) is 2. The van der Waals surface area contributed by atoms with Crippen LogP contribution in [0.2, 0.25) is 0 Å². The van der Waals surface area contributed by atoms with E-state index in [0.717, 1.165) is 16.1 Å². The van der Waals surface area contributed by atoms with Crippen molar-refractivity contribution in [2.45, 2.75) is 33.3 Å². The fraction of sp³-hybridized carbons (Fsp3) is 0.353. The number of rotatable bonds is 2. The van der Waals surface area contributed by atoms with Gasteiger partial charge >= 0.3 is 0 Å². The molecule has 126 valence electrons. The van der Waals surface area contributed by atoms with Gasteiger partial charge in [-0.05, 0) is 45.4 Å². The number of likely N-dealkylation sites (N-methyl/N-ethyl adjacent to an activating group) is 1. The smallest absolute Gasteiger partial charge is 0.280 e. The van der Waals surface area contributed by atoms with Gasteiger partial charge in [-0.1, -0.05) is 6.07 Å².